The lowest BCUT2D eigenvalue weighted by Crippen LogP contribution is -2.23. The molecule has 0 bridgehead atoms. The summed E-state index contributed by atoms with van der Waals surface area (Å²) in [4.78, 5) is 0. The third-order valence-electron chi connectivity index (χ3n) is 3.96. The quantitative estimate of drug-likeness (QED) is 0.701. The number of halogens is 1. The second-order valence-electron chi connectivity index (χ2n) is 5.25. The molecule has 0 aliphatic heterocycles. The van der Waals surface area contributed by atoms with Gasteiger partial charge in [0.25, 0.3) is 0 Å². The molecule has 2 heteroatoms. The van der Waals surface area contributed by atoms with Crippen LogP contribution in [-0.4, -0.2) is 0 Å². The van der Waals surface area contributed by atoms with Crippen molar-refractivity contribution in [2.75, 3.05) is 0 Å². The third kappa shape index (κ3) is 2.84. The number of allylic oxidation sites excluding steroid dienone is 1. The van der Waals surface area contributed by atoms with Crippen LogP contribution in [0, 0.1) is 23.2 Å². The normalized spacial score (nSPS) is 27.5. The largest absolute Gasteiger partial charge is 0.198 e. The van der Waals surface area contributed by atoms with Gasteiger partial charge in [-0.05, 0) is 55.7 Å². The Morgan fingerprint density at radius 1 is 1.33 bits per heavy atom. The van der Waals surface area contributed by atoms with E-state index in [1.807, 2.05) is 0 Å². The molecule has 1 nitrogen and oxygen atoms in total. The van der Waals surface area contributed by atoms with E-state index in [1.54, 1.807) is 0 Å². The van der Waals surface area contributed by atoms with Crippen molar-refractivity contribution in [2.24, 2.45) is 11.8 Å². The van der Waals surface area contributed by atoms with Crippen LogP contribution in [0.3, 0.4) is 0 Å². The number of nitriles is 1. The summed E-state index contributed by atoms with van der Waals surface area (Å²) >= 11 is 3.47. The molecule has 1 unspecified atom stereocenters. The molecular weight excluding hydrogens is 286 g/mol. The standard InChI is InChI=1S/C16H18BrN/c1-11(2)15-8-3-12(10-18)9-16(15)13-4-6-14(17)7-5-13/h4-7,12,15-16H,1,3,8-9H2,2H3/t12?,15-,16-/m0/s1. The number of benzene rings is 1. The predicted molar refractivity (Wildman–Crippen MR) is 78.1 cm³/mol. The minimum atomic E-state index is 0.203. The van der Waals surface area contributed by atoms with Gasteiger partial charge in [0, 0.05) is 10.4 Å². The molecule has 2 rings (SSSR count). The zero-order chi connectivity index (χ0) is 13.1. The van der Waals surface area contributed by atoms with Crippen LogP contribution in [0.15, 0.2) is 40.9 Å². The number of hydrogen-bond acceptors (Lipinski definition) is 1. The Morgan fingerprint density at radius 2 is 2.00 bits per heavy atom. The van der Waals surface area contributed by atoms with Crippen LogP contribution >= 0.6 is 15.9 Å². The number of rotatable bonds is 2. The fourth-order valence-electron chi connectivity index (χ4n) is 2.96. The van der Waals surface area contributed by atoms with Gasteiger partial charge in [-0.2, -0.15) is 5.26 Å². The highest BCUT2D eigenvalue weighted by molar-refractivity contribution is 9.10. The molecule has 1 aliphatic carbocycles. The monoisotopic (exact) mass is 303 g/mol. The summed E-state index contributed by atoms with van der Waals surface area (Å²) in [6, 6.07) is 10.9. The fourth-order valence-corrected chi connectivity index (χ4v) is 3.22. The highest BCUT2D eigenvalue weighted by atomic mass is 79.9. The Hall–Kier alpha value is -1.07. The molecule has 0 N–H and O–H groups in total. The first-order valence-corrected chi connectivity index (χ1v) is 7.21. The molecule has 0 aromatic heterocycles. The molecule has 94 valence electrons. The molecule has 1 fully saturated rings. The Kier molecular flexibility index (Phi) is 4.24. The minimum absolute atomic E-state index is 0.203. The van der Waals surface area contributed by atoms with Gasteiger partial charge < -0.3 is 0 Å². The smallest absolute Gasteiger partial charge is 0.0656 e. The summed E-state index contributed by atoms with van der Waals surface area (Å²) in [7, 11) is 0. The second kappa shape index (κ2) is 5.71. The summed E-state index contributed by atoms with van der Waals surface area (Å²) in [5.74, 6) is 1.18. The molecule has 1 aromatic carbocycles. The number of nitrogens with zero attached hydrogens (tertiary/aromatic N) is 1. The second-order valence-corrected chi connectivity index (χ2v) is 6.17. The van der Waals surface area contributed by atoms with Crippen molar-refractivity contribution in [3.8, 4) is 6.07 Å². The van der Waals surface area contributed by atoms with Gasteiger partial charge >= 0.3 is 0 Å². The zero-order valence-electron chi connectivity index (χ0n) is 10.7. The van der Waals surface area contributed by atoms with Gasteiger partial charge in [-0.1, -0.05) is 40.2 Å². The van der Waals surface area contributed by atoms with Crippen LogP contribution in [0.2, 0.25) is 0 Å². The van der Waals surface area contributed by atoms with Gasteiger partial charge in [0.2, 0.25) is 0 Å². The summed E-state index contributed by atoms with van der Waals surface area (Å²) in [5.41, 5.74) is 2.59. The molecule has 0 spiro atoms. The molecule has 0 heterocycles. The predicted octanol–water partition coefficient (Wildman–Crippen LogP) is 5.05. The van der Waals surface area contributed by atoms with E-state index >= 15 is 0 Å². The first-order valence-electron chi connectivity index (χ1n) is 6.42. The van der Waals surface area contributed by atoms with Crippen LogP contribution < -0.4 is 0 Å². The topological polar surface area (TPSA) is 23.8 Å². The van der Waals surface area contributed by atoms with Crippen molar-refractivity contribution in [3.05, 3.63) is 46.5 Å². The first-order chi connectivity index (χ1) is 8.61. The van der Waals surface area contributed by atoms with Crippen LogP contribution in [-0.2, 0) is 0 Å². The molecule has 0 amide bonds. The van der Waals surface area contributed by atoms with Gasteiger partial charge in [-0.3, -0.25) is 0 Å². The van der Waals surface area contributed by atoms with Gasteiger partial charge in [0.05, 0.1) is 6.07 Å². The van der Waals surface area contributed by atoms with E-state index in [1.165, 1.54) is 11.1 Å². The van der Waals surface area contributed by atoms with Gasteiger partial charge in [0.15, 0.2) is 0 Å². The van der Waals surface area contributed by atoms with Crippen molar-refractivity contribution in [1.29, 1.82) is 5.26 Å². The van der Waals surface area contributed by atoms with E-state index in [-0.39, 0.29) is 5.92 Å². The molecular formula is C16H18BrN. The van der Waals surface area contributed by atoms with E-state index in [4.69, 9.17) is 5.26 Å². The van der Waals surface area contributed by atoms with Crippen molar-refractivity contribution >= 4 is 15.9 Å². The molecule has 0 radical (unpaired) electrons. The van der Waals surface area contributed by atoms with Crippen LogP contribution in [0.5, 0.6) is 0 Å². The maximum Gasteiger partial charge on any atom is 0.0656 e. The summed E-state index contributed by atoms with van der Waals surface area (Å²) < 4.78 is 1.10. The maximum absolute atomic E-state index is 9.14. The molecule has 18 heavy (non-hydrogen) atoms. The first kappa shape index (κ1) is 13.4. The van der Waals surface area contributed by atoms with Crippen LogP contribution in [0.4, 0.5) is 0 Å². The summed E-state index contributed by atoms with van der Waals surface area (Å²) in [6.45, 7) is 6.25. The highest BCUT2D eigenvalue weighted by Gasteiger charge is 2.31. The molecule has 3 atom stereocenters. The van der Waals surface area contributed by atoms with E-state index < -0.39 is 0 Å². The summed E-state index contributed by atoms with van der Waals surface area (Å²) in [5, 5.41) is 9.14. The lowest BCUT2D eigenvalue weighted by atomic mass is 9.69. The van der Waals surface area contributed by atoms with Gasteiger partial charge in [-0.25, -0.2) is 0 Å². The SMILES string of the molecule is C=C(C)[C@@H]1CCC(C#N)C[C@H]1c1ccc(Br)cc1. The van der Waals surface area contributed by atoms with Crippen LogP contribution in [0.25, 0.3) is 0 Å². The molecule has 1 saturated carbocycles. The summed E-state index contributed by atoms with van der Waals surface area (Å²) in [6.07, 6.45) is 3.07. The third-order valence-corrected chi connectivity index (χ3v) is 4.49. The highest BCUT2D eigenvalue weighted by Crippen LogP contribution is 2.43. The van der Waals surface area contributed by atoms with Gasteiger partial charge in [-0.15, -0.1) is 0 Å². The van der Waals surface area contributed by atoms with Gasteiger partial charge in [0.1, 0.15) is 0 Å². The van der Waals surface area contributed by atoms with E-state index in [2.05, 4.69) is 59.8 Å². The van der Waals surface area contributed by atoms with E-state index in [0.29, 0.717) is 11.8 Å². The molecule has 1 aliphatic rings. The van der Waals surface area contributed by atoms with Crippen molar-refractivity contribution in [3.63, 3.8) is 0 Å². The average Bonchev–Trinajstić information content (AvgIpc) is 2.38. The minimum Gasteiger partial charge on any atom is -0.198 e. The maximum atomic E-state index is 9.14. The fraction of sp³-hybridized carbons (Fsp3) is 0.438. The number of hydrogen-bond donors (Lipinski definition) is 0. The van der Waals surface area contributed by atoms with E-state index in [0.717, 1.165) is 23.7 Å². The Labute approximate surface area is 118 Å². The van der Waals surface area contributed by atoms with Crippen molar-refractivity contribution in [1.82, 2.24) is 0 Å². The molecule has 0 saturated heterocycles. The Balaban J connectivity index is 2.27. The molecule has 1 aromatic rings. The van der Waals surface area contributed by atoms with Crippen molar-refractivity contribution < 1.29 is 0 Å². The van der Waals surface area contributed by atoms with Crippen molar-refractivity contribution in [2.45, 2.75) is 32.1 Å². The average molecular weight is 304 g/mol. The lowest BCUT2D eigenvalue weighted by Gasteiger charge is -2.34. The zero-order valence-corrected chi connectivity index (χ0v) is 12.3. The Morgan fingerprint density at radius 3 is 2.56 bits per heavy atom. The Bertz CT molecular complexity index is 469. The van der Waals surface area contributed by atoms with Crippen LogP contribution in [0.1, 0.15) is 37.7 Å². The van der Waals surface area contributed by atoms with E-state index in [9.17, 15) is 0 Å². The lowest BCUT2D eigenvalue weighted by molar-refractivity contribution is 0.303.